The molecule has 8 nitrogen and oxygen atoms in total. The predicted molar refractivity (Wildman–Crippen MR) is 92.4 cm³/mol. The van der Waals surface area contributed by atoms with Gasteiger partial charge in [0.1, 0.15) is 11.5 Å². The smallest absolute Gasteiger partial charge is 0.335 e. The van der Waals surface area contributed by atoms with Crippen molar-refractivity contribution in [2.45, 2.75) is 0 Å². The maximum absolute atomic E-state index is 12.2. The highest BCUT2D eigenvalue weighted by molar-refractivity contribution is 5.92. The monoisotopic (exact) mass is 352 g/mol. The van der Waals surface area contributed by atoms with Crippen LogP contribution in [-0.2, 0) is 0 Å². The molecule has 0 atom stereocenters. The largest absolute Gasteiger partial charge is 0.507 e. The van der Waals surface area contributed by atoms with Crippen molar-refractivity contribution >= 4 is 28.8 Å². The number of fused-ring (bicyclic) bond motifs is 2. The summed E-state index contributed by atoms with van der Waals surface area (Å²) in [6.45, 7) is 0.119. The number of hydrogen-bond donors (Lipinski definition) is 3. The molecule has 0 amide bonds. The summed E-state index contributed by atoms with van der Waals surface area (Å²) in [6, 6.07) is 9.10. The molecule has 0 aliphatic carbocycles. The lowest BCUT2D eigenvalue weighted by Crippen LogP contribution is -2.12. The molecule has 26 heavy (non-hydrogen) atoms. The van der Waals surface area contributed by atoms with E-state index in [2.05, 4.69) is 9.97 Å². The van der Waals surface area contributed by atoms with Crippen LogP contribution in [-0.4, -0.2) is 32.9 Å². The van der Waals surface area contributed by atoms with E-state index in [0.29, 0.717) is 28.1 Å². The van der Waals surface area contributed by atoms with Crippen molar-refractivity contribution in [1.29, 1.82) is 0 Å². The third kappa shape index (κ3) is 2.73. The number of nitrogens with zero attached hydrogens (tertiary/aromatic N) is 1. The molecule has 3 N–H and O–H groups in total. The van der Waals surface area contributed by atoms with Gasteiger partial charge in [-0.15, -0.1) is 0 Å². The molecule has 2 aromatic carbocycles. The minimum Gasteiger partial charge on any atom is -0.507 e. The Hall–Kier alpha value is -3.81. The van der Waals surface area contributed by atoms with Crippen LogP contribution in [0.5, 0.6) is 11.5 Å². The summed E-state index contributed by atoms with van der Waals surface area (Å²) in [4.78, 5) is 30.0. The molecule has 0 fully saturated rings. The van der Waals surface area contributed by atoms with Gasteiger partial charge in [0.25, 0.3) is 5.56 Å². The Labute approximate surface area is 146 Å². The van der Waals surface area contributed by atoms with Gasteiger partial charge in [-0.25, -0.2) is 9.78 Å². The van der Waals surface area contributed by atoms with E-state index >= 15 is 0 Å². The molecule has 0 spiro atoms. The van der Waals surface area contributed by atoms with Crippen LogP contribution >= 0.6 is 0 Å². The Morgan fingerprint density at radius 3 is 2.65 bits per heavy atom. The number of aliphatic hydroxyl groups excluding tert-OH is 1. The Morgan fingerprint density at radius 2 is 1.85 bits per heavy atom. The zero-order chi connectivity index (χ0) is 18.3. The number of carboxylic acids is 1. The van der Waals surface area contributed by atoms with Crippen molar-refractivity contribution in [3.8, 4) is 11.5 Å². The first-order valence-electron chi connectivity index (χ1n) is 7.59. The molecule has 0 radical (unpaired) electrons. The van der Waals surface area contributed by atoms with Crippen LogP contribution in [0.2, 0.25) is 0 Å². The molecule has 4 rings (SSSR count). The minimum absolute atomic E-state index is 0.00394. The van der Waals surface area contributed by atoms with E-state index in [9.17, 15) is 14.7 Å². The third-order valence-electron chi connectivity index (χ3n) is 3.91. The maximum atomic E-state index is 12.2. The highest BCUT2D eigenvalue weighted by Crippen LogP contribution is 2.34. The number of aliphatic hydroxyl groups is 1. The summed E-state index contributed by atoms with van der Waals surface area (Å²) >= 11 is 0. The number of aromatic nitrogens is 2. The number of nitrogens with one attached hydrogen (secondary N) is 1. The van der Waals surface area contributed by atoms with Crippen LogP contribution in [0.1, 0.15) is 21.6 Å². The van der Waals surface area contributed by atoms with Crippen LogP contribution < -0.4 is 15.0 Å². The fraction of sp³-hybridized carbons (Fsp3) is 0.0556. The van der Waals surface area contributed by atoms with E-state index in [-0.39, 0.29) is 23.8 Å². The summed E-state index contributed by atoms with van der Waals surface area (Å²) in [5, 5.41) is 19.3. The Balaban J connectivity index is 1.75. The molecule has 2 heterocycles. The van der Waals surface area contributed by atoms with Gasteiger partial charge in [0.05, 0.1) is 16.6 Å². The van der Waals surface area contributed by atoms with Crippen molar-refractivity contribution in [1.82, 2.24) is 9.97 Å². The van der Waals surface area contributed by atoms with E-state index in [4.69, 9.17) is 14.6 Å². The Kier molecular flexibility index (Phi) is 3.58. The lowest BCUT2D eigenvalue weighted by Gasteiger charge is -2.04. The fourth-order valence-corrected chi connectivity index (χ4v) is 2.60. The number of hydrogen-bond acceptors (Lipinski definition) is 6. The molecule has 0 bridgehead atoms. The lowest BCUT2D eigenvalue weighted by atomic mass is 10.1. The minimum atomic E-state index is -1.10. The van der Waals surface area contributed by atoms with Crippen molar-refractivity contribution in [2.75, 3.05) is 6.79 Å². The molecule has 1 aromatic heterocycles. The molecule has 3 aromatic rings. The van der Waals surface area contributed by atoms with Gasteiger partial charge in [0.2, 0.25) is 6.79 Å². The summed E-state index contributed by atoms with van der Waals surface area (Å²) in [7, 11) is 0. The van der Waals surface area contributed by atoms with Gasteiger partial charge in [-0.1, -0.05) is 0 Å². The van der Waals surface area contributed by atoms with Gasteiger partial charge in [-0.2, -0.15) is 0 Å². The van der Waals surface area contributed by atoms with E-state index in [1.54, 1.807) is 18.2 Å². The molecule has 0 unspecified atom stereocenters. The standard InChI is InChI=1S/C18H12N2O6/c21-14(9-2-4-15-16(6-9)26-8-25-15)7-13-17(22)20-12-5-10(18(23)24)1-3-11(12)19-13/h1-7,21H,8H2,(H,20,22)(H,23,24). The van der Waals surface area contributed by atoms with Crippen LogP contribution in [0.25, 0.3) is 22.9 Å². The van der Waals surface area contributed by atoms with Crippen molar-refractivity contribution in [3.05, 3.63) is 63.6 Å². The van der Waals surface area contributed by atoms with E-state index < -0.39 is 11.5 Å². The second-order valence-electron chi connectivity index (χ2n) is 5.59. The second-order valence-corrected chi connectivity index (χ2v) is 5.59. The Bertz CT molecular complexity index is 1130. The van der Waals surface area contributed by atoms with Crippen LogP contribution in [0.3, 0.4) is 0 Å². The highest BCUT2D eigenvalue weighted by atomic mass is 16.7. The number of H-pyrrole nitrogens is 1. The van der Waals surface area contributed by atoms with E-state index in [0.717, 1.165) is 0 Å². The molecule has 0 saturated carbocycles. The number of carbonyl (C=O) groups is 1. The maximum Gasteiger partial charge on any atom is 0.335 e. The first kappa shape index (κ1) is 15.7. The van der Waals surface area contributed by atoms with Crippen molar-refractivity contribution < 1.29 is 24.5 Å². The molecule has 130 valence electrons. The fourth-order valence-electron chi connectivity index (χ4n) is 2.60. The quantitative estimate of drug-likeness (QED) is 0.619. The summed E-state index contributed by atoms with van der Waals surface area (Å²) < 4.78 is 10.5. The van der Waals surface area contributed by atoms with E-state index in [1.807, 2.05) is 0 Å². The topological polar surface area (TPSA) is 122 Å². The van der Waals surface area contributed by atoms with Crippen molar-refractivity contribution in [3.63, 3.8) is 0 Å². The van der Waals surface area contributed by atoms with Gasteiger partial charge in [0.15, 0.2) is 11.5 Å². The number of benzene rings is 2. The molecular formula is C18H12N2O6. The van der Waals surface area contributed by atoms with Gasteiger partial charge in [-0.3, -0.25) is 4.79 Å². The number of rotatable bonds is 3. The summed E-state index contributed by atoms with van der Waals surface area (Å²) in [6.07, 6.45) is 1.24. The number of ether oxygens (including phenoxy) is 2. The van der Waals surface area contributed by atoms with Gasteiger partial charge in [0, 0.05) is 11.6 Å². The second kappa shape index (κ2) is 5.92. The zero-order valence-electron chi connectivity index (χ0n) is 13.2. The molecule has 1 aliphatic rings. The third-order valence-corrected chi connectivity index (χ3v) is 3.91. The molecular weight excluding hydrogens is 340 g/mol. The van der Waals surface area contributed by atoms with Crippen LogP contribution in [0.4, 0.5) is 0 Å². The average molecular weight is 352 g/mol. The van der Waals surface area contributed by atoms with Gasteiger partial charge >= 0.3 is 5.97 Å². The first-order valence-corrected chi connectivity index (χ1v) is 7.59. The average Bonchev–Trinajstić information content (AvgIpc) is 3.09. The Morgan fingerprint density at radius 1 is 1.08 bits per heavy atom. The van der Waals surface area contributed by atoms with Gasteiger partial charge < -0.3 is 24.7 Å². The highest BCUT2D eigenvalue weighted by Gasteiger charge is 2.15. The van der Waals surface area contributed by atoms with E-state index in [1.165, 1.54) is 24.3 Å². The first-order chi connectivity index (χ1) is 12.5. The normalized spacial score (nSPS) is 13.2. The molecule has 0 saturated heterocycles. The number of aromatic amines is 1. The molecule has 1 aliphatic heterocycles. The number of aromatic carboxylic acids is 1. The van der Waals surface area contributed by atoms with Crippen LogP contribution in [0.15, 0.2) is 41.2 Å². The van der Waals surface area contributed by atoms with Crippen molar-refractivity contribution in [2.24, 2.45) is 0 Å². The predicted octanol–water partition coefficient (Wildman–Crippen LogP) is 2.41. The van der Waals surface area contributed by atoms with Crippen LogP contribution in [0, 0.1) is 0 Å². The summed E-state index contributed by atoms with van der Waals surface area (Å²) in [5.74, 6) is -0.179. The van der Waals surface area contributed by atoms with Gasteiger partial charge in [-0.05, 0) is 36.4 Å². The zero-order valence-corrected chi connectivity index (χ0v) is 13.2. The number of carboxylic acid groups (broad SMARTS) is 1. The molecule has 8 heteroatoms. The lowest BCUT2D eigenvalue weighted by molar-refractivity contribution is 0.0697. The SMILES string of the molecule is O=C(O)c1ccc2nc(C=C(O)c3ccc4c(c3)OCO4)c(=O)[nH]c2c1. The summed E-state index contributed by atoms with van der Waals surface area (Å²) in [5.41, 5.74) is 0.634.